The maximum atomic E-state index is 11.7. The van der Waals surface area contributed by atoms with Crippen LogP contribution in [0, 0.1) is 0 Å². The molecule has 3 amide bonds. The van der Waals surface area contributed by atoms with Gasteiger partial charge in [-0.25, -0.2) is 4.79 Å². The molecule has 2 rings (SSSR count). The normalized spacial score (nSPS) is 18.8. The van der Waals surface area contributed by atoms with Crippen molar-refractivity contribution in [1.29, 1.82) is 0 Å². The average Bonchev–Trinajstić information content (AvgIpc) is 2.48. The number of hydrogen-bond donors (Lipinski definition) is 0. The molecule has 82 valence electrons. The van der Waals surface area contributed by atoms with E-state index in [9.17, 15) is 9.59 Å². The van der Waals surface area contributed by atoms with Crippen molar-refractivity contribution >= 4 is 18.0 Å². The molecule has 0 aromatic heterocycles. The van der Waals surface area contributed by atoms with Crippen molar-refractivity contribution in [2.24, 2.45) is 0 Å². The van der Waals surface area contributed by atoms with Gasteiger partial charge in [0.2, 0.25) is 0 Å². The number of benzene rings is 1. The Bertz CT molecular complexity index is 465. The van der Waals surface area contributed by atoms with Crippen LogP contribution < -0.4 is 0 Å². The monoisotopic (exact) mass is 216 g/mol. The van der Waals surface area contributed by atoms with E-state index < -0.39 is 0 Å². The minimum atomic E-state index is -0.299. The predicted octanol–water partition coefficient (Wildman–Crippen LogP) is 1.55. The van der Waals surface area contributed by atoms with E-state index in [0.29, 0.717) is 5.70 Å². The summed E-state index contributed by atoms with van der Waals surface area (Å²) < 4.78 is 0. The van der Waals surface area contributed by atoms with Gasteiger partial charge < -0.3 is 0 Å². The summed E-state index contributed by atoms with van der Waals surface area (Å²) in [4.78, 5) is 25.7. The van der Waals surface area contributed by atoms with Crippen LogP contribution in [0.1, 0.15) is 5.56 Å². The molecule has 1 aromatic carbocycles. The van der Waals surface area contributed by atoms with Crippen LogP contribution in [0.15, 0.2) is 36.0 Å². The number of carbonyl (C=O) groups is 2. The maximum Gasteiger partial charge on any atom is 0.331 e. The van der Waals surface area contributed by atoms with Gasteiger partial charge in [-0.05, 0) is 11.6 Å². The number of amides is 3. The summed E-state index contributed by atoms with van der Waals surface area (Å²) in [7, 11) is 3.07. The van der Waals surface area contributed by atoms with E-state index in [2.05, 4.69) is 0 Å². The fourth-order valence-corrected chi connectivity index (χ4v) is 1.60. The van der Waals surface area contributed by atoms with Gasteiger partial charge in [-0.15, -0.1) is 0 Å². The zero-order chi connectivity index (χ0) is 11.7. The Morgan fingerprint density at radius 3 is 2.12 bits per heavy atom. The zero-order valence-corrected chi connectivity index (χ0v) is 9.18. The number of hydrogen-bond acceptors (Lipinski definition) is 2. The standard InChI is InChI=1S/C12H12N2O2/c1-13-10(11(15)14(2)12(13)16)8-9-6-4-3-5-7-9/h3-8H,1-2H3. The number of nitrogens with zero attached hydrogens (tertiary/aromatic N) is 2. The first-order valence-corrected chi connectivity index (χ1v) is 4.94. The van der Waals surface area contributed by atoms with Gasteiger partial charge in [0.05, 0.1) is 0 Å². The number of likely N-dealkylation sites (N-methyl/N-ethyl adjacent to an activating group) is 2. The second-order valence-corrected chi connectivity index (χ2v) is 3.65. The lowest BCUT2D eigenvalue weighted by Crippen LogP contribution is -2.27. The van der Waals surface area contributed by atoms with E-state index in [1.165, 1.54) is 11.9 Å². The quantitative estimate of drug-likeness (QED) is 0.528. The van der Waals surface area contributed by atoms with E-state index in [-0.39, 0.29) is 11.9 Å². The second-order valence-electron chi connectivity index (χ2n) is 3.65. The highest BCUT2D eigenvalue weighted by molar-refractivity contribution is 6.13. The van der Waals surface area contributed by atoms with E-state index in [1.54, 1.807) is 13.1 Å². The van der Waals surface area contributed by atoms with Crippen LogP contribution in [0.4, 0.5) is 4.79 Å². The van der Waals surface area contributed by atoms with Crippen molar-refractivity contribution < 1.29 is 9.59 Å². The van der Waals surface area contributed by atoms with Crippen LogP contribution in [0.25, 0.3) is 6.08 Å². The molecule has 0 aliphatic carbocycles. The third-order valence-corrected chi connectivity index (χ3v) is 2.56. The molecule has 0 spiro atoms. The van der Waals surface area contributed by atoms with Gasteiger partial charge in [-0.3, -0.25) is 14.6 Å². The van der Waals surface area contributed by atoms with Crippen molar-refractivity contribution in [2.45, 2.75) is 0 Å². The highest BCUT2D eigenvalue weighted by Gasteiger charge is 2.35. The zero-order valence-electron chi connectivity index (χ0n) is 9.18. The van der Waals surface area contributed by atoms with Crippen LogP contribution in [-0.2, 0) is 4.79 Å². The maximum absolute atomic E-state index is 11.7. The molecule has 1 aromatic rings. The molecular formula is C12H12N2O2. The van der Waals surface area contributed by atoms with Gasteiger partial charge in [0.25, 0.3) is 5.91 Å². The average molecular weight is 216 g/mol. The van der Waals surface area contributed by atoms with Crippen molar-refractivity contribution in [3.8, 4) is 0 Å². The summed E-state index contributed by atoms with van der Waals surface area (Å²) in [5.41, 5.74) is 1.31. The largest absolute Gasteiger partial charge is 0.331 e. The molecule has 1 heterocycles. The molecule has 1 saturated heterocycles. The minimum absolute atomic E-state index is 0.267. The fourth-order valence-electron chi connectivity index (χ4n) is 1.60. The first kappa shape index (κ1) is 10.4. The van der Waals surface area contributed by atoms with E-state index in [4.69, 9.17) is 0 Å². The Morgan fingerprint density at radius 2 is 1.62 bits per heavy atom. The first-order valence-electron chi connectivity index (χ1n) is 4.94. The van der Waals surface area contributed by atoms with E-state index in [0.717, 1.165) is 10.5 Å². The molecule has 0 saturated carbocycles. The predicted molar refractivity (Wildman–Crippen MR) is 60.3 cm³/mol. The Balaban J connectivity index is 2.39. The number of imide groups is 1. The minimum Gasteiger partial charge on any atom is -0.292 e. The molecular weight excluding hydrogens is 204 g/mol. The second kappa shape index (κ2) is 3.81. The number of carbonyl (C=O) groups excluding carboxylic acids is 2. The number of urea groups is 1. The van der Waals surface area contributed by atoms with Crippen LogP contribution >= 0.6 is 0 Å². The summed E-state index contributed by atoms with van der Waals surface area (Å²) in [6.45, 7) is 0. The molecule has 0 N–H and O–H groups in total. The molecule has 1 aliphatic heterocycles. The summed E-state index contributed by atoms with van der Waals surface area (Å²) in [5, 5.41) is 0. The Labute approximate surface area is 93.8 Å². The summed E-state index contributed by atoms with van der Waals surface area (Å²) in [5.74, 6) is -0.267. The summed E-state index contributed by atoms with van der Waals surface area (Å²) >= 11 is 0. The van der Waals surface area contributed by atoms with Crippen LogP contribution in [0.3, 0.4) is 0 Å². The topological polar surface area (TPSA) is 40.6 Å². The Morgan fingerprint density at radius 1 is 1.00 bits per heavy atom. The highest BCUT2D eigenvalue weighted by atomic mass is 16.2. The van der Waals surface area contributed by atoms with Gasteiger partial charge in [-0.1, -0.05) is 30.3 Å². The molecule has 0 unspecified atom stereocenters. The smallest absolute Gasteiger partial charge is 0.292 e. The number of rotatable bonds is 1. The van der Waals surface area contributed by atoms with Gasteiger partial charge in [0, 0.05) is 14.1 Å². The van der Waals surface area contributed by atoms with Crippen molar-refractivity contribution in [3.05, 3.63) is 41.6 Å². The van der Waals surface area contributed by atoms with Crippen molar-refractivity contribution in [2.75, 3.05) is 14.1 Å². The lowest BCUT2D eigenvalue weighted by atomic mass is 10.2. The lowest BCUT2D eigenvalue weighted by molar-refractivity contribution is -0.122. The molecule has 1 aliphatic rings. The molecule has 4 nitrogen and oxygen atoms in total. The first-order chi connectivity index (χ1) is 7.61. The molecule has 0 atom stereocenters. The molecule has 0 bridgehead atoms. The third-order valence-electron chi connectivity index (χ3n) is 2.56. The van der Waals surface area contributed by atoms with E-state index in [1.807, 2.05) is 30.3 Å². The summed E-state index contributed by atoms with van der Waals surface area (Å²) in [6.07, 6.45) is 1.71. The van der Waals surface area contributed by atoms with Crippen LogP contribution in [-0.4, -0.2) is 35.8 Å². The van der Waals surface area contributed by atoms with Crippen LogP contribution in [0.5, 0.6) is 0 Å². The highest BCUT2D eigenvalue weighted by Crippen LogP contribution is 2.19. The SMILES string of the molecule is CN1C(=O)C(=Cc2ccccc2)N(C)C1=O. The van der Waals surface area contributed by atoms with Crippen molar-refractivity contribution in [3.63, 3.8) is 0 Å². The van der Waals surface area contributed by atoms with Gasteiger partial charge >= 0.3 is 6.03 Å². The van der Waals surface area contributed by atoms with Gasteiger partial charge in [0.15, 0.2) is 0 Å². The molecule has 0 radical (unpaired) electrons. The summed E-state index contributed by atoms with van der Waals surface area (Å²) in [6, 6.07) is 9.15. The molecule has 16 heavy (non-hydrogen) atoms. The van der Waals surface area contributed by atoms with E-state index >= 15 is 0 Å². The lowest BCUT2D eigenvalue weighted by Gasteiger charge is -2.07. The Hall–Kier alpha value is -2.10. The van der Waals surface area contributed by atoms with Gasteiger partial charge in [0.1, 0.15) is 5.70 Å². The fraction of sp³-hybridized carbons (Fsp3) is 0.167. The Kier molecular flexibility index (Phi) is 2.48. The third kappa shape index (κ3) is 1.58. The molecule has 1 fully saturated rings. The molecule has 4 heteroatoms. The van der Waals surface area contributed by atoms with Crippen molar-refractivity contribution in [1.82, 2.24) is 9.80 Å². The van der Waals surface area contributed by atoms with Gasteiger partial charge in [-0.2, -0.15) is 0 Å². The van der Waals surface area contributed by atoms with Crippen LogP contribution in [0.2, 0.25) is 0 Å².